The van der Waals surface area contributed by atoms with E-state index >= 15 is 0 Å². The third-order valence-electron chi connectivity index (χ3n) is 1.74. The second-order valence-electron chi connectivity index (χ2n) is 3.66. The van der Waals surface area contributed by atoms with Crippen LogP contribution in [0.15, 0.2) is 18.5 Å². The molecule has 0 aromatic carbocycles. The van der Waals surface area contributed by atoms with E-state index in [1.807, 2.05) is 7.05 Å². The lowest BCUT2D eigenvalue weighted by molar-refractivity contribution is -0.193. The number of alkyl halides is 6. The van der Waals surface area contributed by atoms with Gasteiger partial charge in [0.2, 0.25) is 0 Å². The van der Waals surface area contributed by atoms with Crippen molar-refractivity contribution in [2.45, 2.75) is 12.4 Å². The second kappa shape index (κ2) is 9.42. The fourth-order valence-electron chi connectivity index (χ4n) is 0.742. The molecule has 0 amide bonds. The molecule has 0 radical (unpaired) electrons. The van der Waals surface area contributed by atoms with E-state index in [9.17, 15) is 31.1 Å². The quantitative estimate of drug-likeness (QED) is 0.582. The highest BCUT2D eigenvalue weighted by atomic mass is 19.4. The molecule has 1 heterocycles. The number of carboxylic acids is 2. The van der Waals surface area contributed by atoms with E-state index in [-0.39, 0.29) is 5.97 Å². The first kappa shape index (κ1) is 23.5. The molecule has 0 aliphatic heterocycles. The second-order valence-corrected chi connectivity index (χ2v) is 3.66. The molecule has 24 heavy (non-hydrogen) atoms. The molecule has 0 saturated heterocycles. The van der Waals surface area contributed by atoms with Crippen LogP contribution in [0.3, 0.4) is 0 Å². The largest absolute Gasteiger partial charge is 0.490 e. The Morgan fingerprint density at radius 1 is 1.00 bits per heavy atom. The van der Waals surface area contributed by atoms with E-state index in [0.29, 0.717) is 5.56 Å². The average molecular weight is 367 g/mol. The maximum absolute atomic E-state index is 10.8. The molecule has 0 aliphatic rings. The van der Waals surface area contributed by atoms with E-state index < -0.39 is 24.3 Å². The predicted molar refractivity (Wildman–Crippen MR) is 64.1 cm³/mol. The lowest BCUT2D eigenvalue weighted by atomic mass is 10.3. The summed E-state index contributed by atoms with van der Waals surface area (Å²) < 4.78 is 69.8. The van der Waals surface area contributed by atoms with Crippen LogP contribution in [0.4, 0.5) is 26.3 Å². The number of carbonyl (C=O) groups is 3. The Kier molecular flexibility index (Phi) is 9.24. The molecule has 0 unspecified atom stereocenters. The fourth-order valence-corrected chi connectivity index (χ4v) is 0.742. The summed E-state index contributed by atoms with van der Waals surface area (Å²) in [4.78, 5) is 28.6. The Morgan fingerprint density at radius 2 is 1.33 bits per heavy atom. The van der Waals surface area contributed by atoms with Crippen LogP contribution in [0.25, 0.3) is 0 Å². The molecule has 7 nitrogen and oxygen atoms in total. The van der Waals surface area contributed by atoms with Gasteiger partial charge in [-0.1, -0.05) is 0 Å². The molecule has 1 aromatic rings. The summed E-state index contributed by atoms with van der Waals surface area (Å²) in [6.07, 6.45) is -6.65. The molecule has 0 aliphatic carbocycles. The molecule has 0 bridgehead atoms. The van der Waals surface area contributed by atoms with Crippen molar-refractivity contribution < 1.29 is 55.7 Å². The highest BCUT2D eigenvalue weighted by Gasteiger charge is 2.38. The molecular formula is C11H11F6NO6. The number of aromatic nitrogens is 1. The number of aryl methyl sites for hydroxylation is 1. The topological polar surface area (TPSA) is 106 Å². The molecule has 2 N–H and O–H groups in total. The number of esters is 1. The molecule has 0 spiro atoms. The van der Waals surface area contributed by atoms with Crippen molar-refractivity contribution in [3.8, 4) is 0 Å². The van der Waals surface area contributed by atoms with Gasteiger partial charge in [0.25, 0.3) is 0 Å². The fraction of sp³-hybridized carbons (Fsp3) is 0.364. The highest BCUT2D eigenvalue weighted by molar-refractivity contribution is 5.89. The van der Waals surface area contributed by atoms with E-state index in [2.05, 4.69) is 4.74 Å². The average Bonchev–Trinajstić information content (AvgIpc) is 2.83. The number of methoxy groups -OCH3 is 1. The van der Waals surface area contributed by atoms with E-state index in [1.165, 1.54) is 7.11 Å². The minimum atomic E-state index is -5.08. The summed E-state index contributed by atoms with van der Waals surface area (Å²) in [5, 5.41) is 14.2. The summed E-state index contributed by atoms with van der Waals surface area (Å²) in [5.41, 5.74) is 0.588. The first-order valence-electron chi connectivity index (χ1n) is 5.43. The van der Waals surface area contributed by atoms with Gasteiger partial charge in [-0.2, -0.15) is 26.3 Å². The number of carbonyl (C=O) groups excluding carboxylic acids is 1. The Hall–Kier alpha value is -2.73. The van der Waals surface area contributed by atoms with Gasteiger partial charge in [-0.3, -0.25) is 0 Å². The maximum atomic E-state index is 10.8. The third kappa shape index (κ3) is 10.9. The van der Waals surface area contributed by atoms with Crippen LogP contribution in [-0.4, -0.2) is 52.2 Å². The summed E-state index contributed by atoms with van der Waals surface area (Å²) in [6, 6.07) is 1.71. The number of hydrogen-bond donors (Lipinski definition) is 2. The van der Waals surface area contributed by atoms with Crippen LogP contribution in [0.5, 0.6) is 0 Å². The van der Waals surface area contributed by atoms with Crippen molar-refractivity contribution in [2.24, 2.45) is 7.05 Å². The summed E-state index contributed by atoms with van der Waals surface area (Å²) >= 11 is 0. The molecule has 138 valence electrons. The van der Waals surface area contributed by atoms with Gasteiger partial charge in [-0.05, 0) is 6.07 Å². The molecule has 1 aromatic heterocycles. The molecular weight excluding hydrogens is 356 g/mol. The number of ether oxygens (including phenoxy) is 1. The zero-order chi connectivity index (χ0) is 19.7. The number of aliphatic carboxylic acids is 2. The van der Waals surface area contributed by atoms with Crippen LogP contribution in [-0.2, 0) is 21.4 Å². The minimum absolute atomic E-state index is 0.291. The molecule has 0 atom stereocenters. The standard InChI is InChI=1S/C7H9NO2.2C2HF3O2/c1-8-4-3-6(5-8)7(9)10-2;2*3-2(4,5)1(6)7/h3-5H,1-2H3;2*(H,6,7). The SMILES string of the molecule is COC(=O)c1ccn(C)c1.O=C(O)C(F)(F)F.O=C(O)C(F)(F)F. The Balaban J connectivity index is 0. The lowest BCUT2D eigenvalue weighted by Gasteiger charge is -1.93. The van der Waals surface area contributed by atoms with Gasteiger partial charge < -0.3 is 19.5 Å². The first-order chi connectivity index (χ1) is 10.6. The van der Waals surface area contributed by atoms with Crippen LogP contribution in [0, 0.1) is 0 Å². The van der Waals surface area contributed by atoms with Crippen molar-refractivity contribution >= 4 is 17.9 Å². The van der Waals surface area contributed by atoms with E-state index in [4.69, 9.17) is 19.8 Å². The number of nitrogens with zero attached hydrogens (tertiary/aromatic N) is 1. The van der Waals surface area contributed by atoms with Crippen LogP contribution in [0.2, 0.25) is 0 Å². The summed E-state index contributed by atoms with van der Waals surface area (Å²) in [6.45, 7) is 0. The van der Waals surface area contributed by atoms with Gasteiger partial charge in [-0.25, -0.2) is 14.4 Å². The Morgan fingerprint density at radius 3 is 1.50 bits per heavy atom. The first-order valence-corrected chi connectivity index (χ1v) is 5.43. The normalized spacial score (nSPS) is 10.5. The van der Waals surface area contributed by atoms with Crippen molar-refractivity contribution in [3.63, 3.8) is 0 Å². The van der Waals surface area contributed by atoms with Crippen molar-refractivity contribution in [1.82, 2.24) is 4.57 Å². The van der Waals surface area contributed by atoms with E-state index in [1.54, 1.807) is 23.0 Å². The van der Waals surface area contributed by atoms with Crippen LogP contribution in [0.1, 0.15) is 10.4 Å². The smallest absolute Gasteiger partial charge is 0.475 e. The van der Waals surface area contributed by atoms with Gasteiger partial charge in [0.1, 0.15) is 0 Å². The monoisotopic (exact) mass is 367 g/mol. The molecule has 0 fully saturated rings. The van der Waals surface area contributed by atoms with E-state index in [0.717, 1.165) is 0 Å². The molecule has 0 saturated carbocycles. The van der Waals surface area contributed by atoms with Gasteiger partial charge in [0.15, 0.2) is 0 Å². The minimum Gasteiger partial charge on any atom is -0.475 e. The molecule has 13 heteroatoms. The van der Waals surface area contributed by atoms with Crippen molar-refractivity contribution in [3.05, 3.63) is 24.0 Å². The maximum Gasteiger partial charge on any atom is 0.490 e. The third-order valence-corrected chi connectivity index (χ3v) is 1.74. The van der Waals surface area contributed by atoms with Gasteiger partial charge >= 0.3 is 30.3 Å². The van der Waals surface area contributed by atoms with Crippen LogP contribution < -0.4 is 0 Å². The number of hydrogen-bond acceptors (Lipinski definition) is 4. The van der Waals surface area contributed by atoms with Gasteiger partial charge in [0.05, 0.1) is 12.7 Å². The Bertz CT molecular complexity index is 538. The number of halogens is 6. The van der Waals surface area contributed by atoms with Crippen LogP contribution >= 0.6 is 0 Å². The lowest BCUT2D eigenvalue weighted by Crippen LogP contribution is -2.21. The molecule has 1 rings (SSSR count). The Labute approximate surface area is 130 Å². The number of rotatable bonds is 1. The van der Waals surface area contributed by atoms with Crippen molar-refractivity contribution in [2.75, 3.05) is 7.11 Å². The summed E-state index contributed by atoms with van der Waals surface area (Å²) in [5.74, 6) is -5.80. The number of carboxylic acid groups (broad SMARTS) is 2. The van der Waals surface area contributed by atoms with Gasteiger partial charge in [0, 0.05) is 19.4 Å². The van der Waals surface area contributed by atoms with Crippen molar-refractivity contribution in [1.29, 1.82) is 0 Å². The zero-order valence-electron chi connectivity index (χ0n) is 12.0. The predicted octanol–water partition coefficient (Wildman–Crippen LogP) is 2.08. The zero-order valence-corrected chi connectivity index (χ0v) is 12.0. The van der Waals surface area contributed by atoms with Gasteiger partial charge in [-0.15, -0.1) is 0 Å². The highest BCUT2D eigenvalue weighted by Crippen LogP contribution is 2.13. The summed E-state index contributed by atoms with van der Waals surface area (Å²) in [7, 11) is 3.22.